The van der Waals surface area contributed by atoms with Gasteiger partial charge in [0.05, 0.1) is 24.2 Å². The molecule has 0 unspecified atom stereocenters. The molecule has 1 aliphatic rings. The first-order valence-corrected chi connectivity index (χ1v) is 13.3. The predicted octanol–water partition coefficient (Wildman–Crippen LogP) is 2.82. The number of carbonyl (C=O) groups excluding carboxylic acids is 1. The number of amides is 1. The number of piperazine rings is 1. The van der Waals surface area contributed by atoms with Crippen LogP contribution in [0.4, 0.5) is 5.82 Å². The number of likely N-dealkylation sites (N-methyl/N-ethyl adjacent to an activating group) is 1. The maximum atomic E-state index is 13.0. The monoisotopic (exact) mass is 509 g/mol. The maximum absolute atomic E-state index is 13.0. The van der Waals surface area contributed by atoms with Crippen molar-refractivity contribution in [1.29, 1.82) is 0 Å². The molecule has 2 aromatic carbocycles. The summed E-state index contributed by atoms with van der Waals surface area (Å²) in [4.78, 5) is 16.9. The Kier molecular flexibility index (Phi) is 7.85. The average molecular weight is 510 g/mol. The first-order chi connectivity index (χ1) is 17.3. The van der Waals surface area contributed by atoms with E-state index in [1.54, 1.807) is 43.2 Å². The molecule has 0 spiro atoms. The smallest absolute Gasteiger partial charge is 0.243 e. The lowest BCUT2D eigenvalue weighted by atomic mass is 10.1. The molecule has 0 bridgehead atoms. The van der Waals surface area contributed by atoms with Crippen LogP contribution in [0.25, 0.3) is 11.3 Å². The topological polar surface area (TPSA) is 95.9 Å². The molecule has 0 saturated carbocycles. The number of aromatic nitrogens is 2. The fourth-order valence-corrected chi connectivity index (χ4v) is 5.49. The highest BCUT2D eigenvalue weighted by atomic mass is 32.2. The van der Waals surface area contributed by atoms with Crippen LogP contribution < -0.4 is 9.64 Å². The first kappa shape index (κ1) is 25.6. The van der Waals surface area contributed by atoms with Crippen LogP contribution in [0, 0.1) is 6.92 Å². The average Bonchev–Trinajstić information content (AvgIpc) is 2.92. The molecule has 190 valence electrons. The lowest BCUT2D eigenvalue weighted by molar-refractivity contribution is -0.131. The third-order valence-corrected chi connectivity index (χ3v) is 8.23. The Balaban J connectivity index is 1.35. The van der Waals surface area contributed by atoms with Gasteiger partial charge in [0, 0.05) is 38.3 Å². The van der Waals surface area contributed by atoms with Gasteiger partial charge in [0.15, 0.2) is 5.82 Å². The minimum absolute atomic E-state index is 0.179. The van der Waals surface area contributed by atoms with Crippen molar-refractivity contribution in [2.24, 2.45) is 0 Å². The molecule has 1 fully saturated rings. The summed E-state index contributed by atoms with van der Waals surface area (Å²) in [6.07, 6.45) is 0. The Morgan fingerprint density at radius 3 is 2.33 bits per heavy atom. The molecule has 0 N–H and O–H groups in total. The van der Waals surface area contributed by atoms with Crippen molar-refractivity contribution in [3.63, 3.8) is 0 Å². The quantitative estimate of drug-likeness (QED) is 0.461. The molecule has 1 amide bonds. The molecular weight excluding hydrogens is 478 g/mol. The van der Waals surface area contributed by atoms with E-state index >= 15 is 0 Å². The number of rotatable bonds is 8. The number of aryl methyl sites for hydroxylation is 1. The van der Waals surface area contributed by atoms with E-state index in [2.05, 4.69) is 15.1 Å². The van der Waals surface area contributed by atoms with E-state index in [1.807, 2.05) is 43.3 Å². The van der Waals surface area contributed by atoms with E-state index in [9.17, 15) is 13.2 Å². The second-order valence-electron chi connectivity index (χ2n) is 8.62. The molecule has 2 heterocycles. The van der Waals surface area contributed by atoms with Crippen LogP contribution in [-0.4, -0.2) is 80.1 Å². The van der Waals surface area contributed by atoms with E-state index in [-0.39, 0.29) is 23.9 Å². The zero-order valence-corrected chi connectivity index (χ0v) is 21.6. The van der Waals surface area contributed by atoms with Crippen molar-refractivity contribution in [2.75, 3.05) is 51.3 Å². The number of anilines is 1. The standard InChI is InChI=1S/C26H31N5O4S/c1-4-31(36(33,34)23-10-8-20(2)9-11-23)19-26(32)30-16-14-29(15-17-30)25-13-12-24(27-28-25)21-6-5-7-22(18-21)35-3/h5-13,18H,4,14-17,19H2,1-3H3. The van der Waals surface area contributed by atoms with Gasteiger partial charge in [0.1, 0.15) is 5.75 Å². The number of ether oxygens (including phenoxy) is 1. The highest BCUT2D eigenvalue weighted by Gasteiger charge is 2.29. The number of nitrogens with zero attached hydrogens (tertiary/aromatic N) is 5. The highest BCUT2D eigenvalue weighted by Crippen LogP contribution is 2.23. The molecule has 4 rings (SSSR count). The molecule has 0 aliphatic carbocycles. The van der Waals surface area contributed by atoms with Crippen molar-refractivity contribution >= 4 is 21.7 Å². The largest absolute Gasteiger partial charge is 0.497 e. The third kappa shape index (κ3) is 5.66. The fourth-order valence-electron chi connectivity index (χ4n) is 4.09. The summed E-state index contributed by atoms with van der Waals surface area (Å²) in [6.45, 7) is 5.84. The van der Waals surface area contributed by atoms with Crippen molar-refractivity contribution in [3.05, 3.63) is 66.2 Å². The van der Waals surface area contributed by atoms with Gasteiger partial charge in [0.2, 0.25) is 15.9 Å². The lowest BCUT2D eigenvalue weighted by Gasteiger charge is -2.36. The summed E-state index contributed by atoms with van der Waals surface area (Å²) in [5.74, 6) is 1.30. The van der Waals surface area contributed by atoms with Crippen molar-refractivity contribution in [2.45, 2.75) is 18.7 Å². The van der Waals surface area contributed by atoms with Crippen molar-refractivity contribution < 1.29 is 17.9 Å². The zero-order chi connectivity index (χ0) is 25.7. The molecule has 0 radical (unpaired) electrons. The van der Waals surface area contributed by atoms with Gasteiger partial charge in [-0.25, -0.2) is 8.42 Å². The van der Waals surface area contributed by atoms with Crippen LogP contribution in [0.5, 0.6) is 5.75 Å². The molecule has 3 aromatic rings. The maximum Gasteiger partial charge on any atom is 0.243 e. The SMILES string of the molecule is CCN(CC(=O)N1CCN(c2ccc(-c3cccc(OC)c3)nn2)CC1)S(=O)(=O)c1ccc(C)cc1. The molecule has 36 heavy (non-hydrogen) atoms. The Morgan fingerprint density at radius 2 is 1.72 bits per heavy atom. The van der Waals surface area contributed by atoms with Crippen LogP contribution in [0.3, 0.4) is 0 Å². The first-order valence-electron chi connectivity index (χ1n) is 11.9. The van der Waals surface area contributed by atoms with Gasteiger partial charge in [0.25, 0.3) is 0 Å². The predicted molar refractivity (Wildman–Crippen MR) is 138 cm³/mol. The molecule has 10 heteroatoms. The summed E-state index contributed by atoms with van der Waals surface area (Å²) in [6, 6.07) is 18.2. The van der Waals surface area contributed by atoms with Crippen molar-refractivity contribution in [3.8, 4) is 17.0 Å². The minimum Gasteiger partial charge on any atom is -0.497 e. The fraction of sp³-hybridized carbons (Fsp3) is 0.346. The summed E-state index contributed by atoms with van der Waals surface area (Å²) in [7, 11) is -2.11. The van der Waals surface area contributed by atoms with Gasteiger partial charge in [-0.05, 0) is 43.3 Å². The number of hydrogen-bond donors (Lipinski definition) is 0. The van der Waals surface area contributed by atoms with Gasteiger partial charge in [-0.1, -0.05) is 36.8 Å². The summed E-state index contributed by atoms with van der Waals surface area (Å²) < 4.78 is 32.5. The number of hydrogen-bond acceptors (Lipinski definition) is 7. The van der Waals surface area contributed by atoms with Crippen LogP contribution >= 0.6 is 0 Å². The molecular formula is C26H31N5O4S. The number of carbonyl (C=O) groups is 1. The summed E-state index contributed by atoms with van der Waals surface area (Å²) in [5.41, 5.74) is 2.65. The highest BCUT2D eigenvalue weighted by molar-refractivity contribution is 7.89. The van der Waals surface area contributed by atoms with Crippen LogP contribution in [-0.2, 0) is 14.8 Å². The molecule has 0 atom stereocenters. The van der Waals surface area contributed by atoms with E-state index in [0.717, 1.165) is 28.4 Å². The van der Waals surface area contributed by atoms with Gasteiger partial charge in [-0.3, -0.25) is 4.79 Å². The summed E-state index contributed by atoms with van der Waals surface area (Å²) >= 11 is 0. The lowest BCUT2D eigenvalue weighted by Crippen LogP contribution is -2.52. The normalized spacial score (nSPS) is 14.2. The van der Waals surface area contributed by atoms with Gasteiger partial charge < -0.3 is 14.5 Å². The zero-order valence-electron chi connectivity index (χ0n) is 20.8. The second-order valence-corrected chi connectivity index (χ2v) is 10.6. The Bertz CT molecular complexity index is 1290. The van der Waals surface area contributed by atoms with E-state index < -0.39 is 10.0 Å². The molecule has 1 aliphatic heterocycles. The van der Waals surface area contributed by atoms with E-state index in [1.165, 1.54) is 4.31 Å². The summed E-state index contributed by atoms with van der Waals surface area (Å²) in [5, 5.41) is 8.75. The van der Waals surface area contributed by atoms with Crippen LogP contribution in [0.2, 0.25) is 0 Å². The second kappa shape index (κ2) is 11.0. The van der Waals surface area contributed by atoms with Crippen molar-refractivity contribution in [1.82, 2.24) is 19.4 Å². The Labute approximate surface area is 212 Å². The third-order valence-electron chi connectivity index (χ3n) is 6.30. The molecule has 1 saturated heterocycles. The Morgan fingerprint density at radius 1 is 1.00 bits per heavy atom. The van der Waals surface area contributed by atoms with Gasteiger partial charge >= 0.3 is 0 Å². The van der Waals surface area contributed by atoms with Crippen LogP contribution in [0.15, 0.2) is 65.6 Å². The van der Waals surface area contributed by atoms with E-state index in [4.69, 9.17) is 4.74 Å². The van der Waals surface area contributed by atoms with Crippen LogP contribution in [0.1, 0.15) is 12.5 Å². The molecule has 9 nitrogen and oxygen atoms in total. The number of benzene rings is 2. The van der Waals surface area contributed by atoms with E-state index in [0.29, 0.717) is 26.2 Å². The number of sulfonamides is 1. The van der Waals surface area contributed by atoms with Gasteiger partial charge in [-0.2, -0.15) is 4.31 Å². The van der Waals surface area contributed by atoms with Gasteiger partial charge in [-0.15, -0.1) is 10.2 Å². The Hall–Kier alpha value is -3.50. The molecule has 1 aromatic heterocycles. The number of methoxy groups -OCH3 is 1. The minimum atomic E-state index is -3.74.